The predicted molar refractivity (Wildman–Crippen MR) is 77.8 cm³/mol. The van der Waals surface area contributed by atoms with Gasteiger partial charge >= 0.3 is 0 Å². The normalized spacial score (nSPS) is 12.3. The van der Waals surface area contributed by atoms with Crippen LogP contribution in [0.3, 0.4) is 0 Å². The van der Waals surface area contributed by atoms with Crippen molar-refractivity contribution in [3.63, 3.8) is 0 Å². The molecule has 1 aromatic carbocycles. The molecule has 0 aliphatic rings. The highest BCUT2D eigenvalue weighted by Gasteiger charge is 2.12. The number of hydrogen-bond donors (Lipinski definition) is 3. The zero-order valence-corrected chi connectivity index (χ0v) is 11.3. The van der Waals surface area contributed by atoms with Crippen molar-refractivity contribution in [1.82, 2.24) is 10.3 Å². The Labute approximate surface area is 116 Å². The number of rotatable bonds is 5. The number of hydrogen-bond acceptors (Lipinski definition) is 3. The molecule has 2 aromatic rings. The first-order chi connectivity index (χ1) is 9.61. The van der Waals surface area contributed by atoms with E-state index in [0.717, 1.165) is 6.42 Å². The fourth-order valence-corrected chi connectivity index (χ4v) is 2.13. The Morgan fingerprint density at radius 1 is 1.40 bits per heavy atom. The molecule has 1 amide bonds. The van der Waals surface area contributed by atoms with Crippen LogP contribution in [0.5, 0.6) is 0 Å². The maximum absolute atomic E-state index is 12.1. The number of amides is 1. The summed E-state index contributed by atoms with van der Waals surface area (Å²) in [6.45, 7) is 2.16. The van der Waals surface area contributed by atoms with E-state index in [1.165, 1.54) is 6.07 Å². The number of aromatic nitrogens is 1. The number of nitrogens with one attached hydrogen (secondary N) is 2. The maximum atomic E-state index is 12.1. The number of para-hydroxylation sites is 1. The van der Waals surface area contributed by atoms with E-state index in [0.29, 0.717) is 22.9 Å². The summed E-state index contributed by atoms with van der Waals surface area (Å²) >= 11 is 0. The number of carbonyl (C=O) groups is 1. The highest BCUT2D eigenvalue weighted by molar-refractivity contribution is 6.05. The average Bonchev–Trinajstić information content (AvgIpc) is 2.44. The number of pyridine rings is 1. The van der Waals surface area contributed by atoms with Crippen LogP contribution in [0.2, 0.25) is 0 Å². The molecule has 1 unspecified atom stereocenters. The van der Waals surface area contributed by atoms with Crippen molar-refractivity contribution in [2.45, 2.75) is 25.9 Å². The first kappa shape index (κ1) is 14.3. The van der Waals surface area contributed by atoms with E-state index >= 15 is 0 Å². The molecule has 2 rings (SSSR count). The molecule has 0 fully saturated rings. The zero-order valence-electron chi connectivity index (χ0n) is 11.3. The Balaban J connectivity index is 2.24. The number of aliphatic hydroxyl groups is 1. The highest BCUT2D eigenvalue weighted by atomic mass is 16.3. The van der Waals surface area contributed by atoms with E-state index in [-0.39, 0.29) is 18.0 Å². The Kier molecular flexibility index (Phi) is 4.53. The number of aliphatic hydroxyl groups excluding tert-OH is 1. The van der Waals surface area contributed by atoms with Crippen molar-refractivity contribution in [2.24, 2.45) is 0 Å². The van der Waals surface area contributed by atoms with Gasteiger partial charge in [-0.05, 0) is 12.5 Å². The van der Waals surface area contributed by atoms with Gasteiger partial charge < -0.3 is 15.4 Å². The number of H-pyrrole nitrogens is 1. The fourth-order valence-electron chi connectivity index (χ4n) is 2.13. The van der Waals surface area contributed by atoms with E-state index in [2.05, 4.69) is 10.3 Å². The molecule has 0 saturated heterocycles. The number of carbonyl (C=O) groups excluding carboxylic acids is 1. The topological polar surface area (TPSA) is 82.2 Å². The van der Waals surface area contributed by atoms with Crippen LogP contribution in [0.1, 0.15) is 30.1 Å². The SMILES string of the molecule is CCCC(O)CNC(=O)c1cc(=O)[nH]c2ccccc12. The third kappa shape index (κ3) is 3.24. The van der Waals surface area contributed by atoms with Gasteiger partial charge in [0.15, 0.2) is 0 Å². The number of fused-ring (bicyclic) bond motifs is 1. The summed E-state index contributed by atoms with van der Waals surface area (Å²) < 4.78 is 0. The van der Waals surface area contributed by atoms with Crippen LogP contribution in [0.15, 0.2) is 35.1 Å². The average molecular weight is 274 g/mol. The molecule has 0 bridgehead atoms. The molecule has 1 heterocycles. The third-order valence-electron chi connectivity index (χ3n) is 3.12. The molecule has 0 saturated carbocycles. The standard InChI is InChI=1S/C15H18N2O3/c1-2-5-10(18)9-16-15(20)12-8-14(19)17-13-7-4-3-6-11(12)13/h3-4,6-8,10,18H,2,5,9H2,1H3,(H,16,20)(H,17,19). The van der Waals surface area contributed by atoms with Gasteiger partial charge in [-0.25, -0.2) is 0 Å². The lowest BCUT2D eigenvalue weighted by Gasteiger charge is -2.11. The number of benzene rings is 1. The Morgan fingerprint density at radius 2 is 2.15 bits per heavy atom. The minimum Gasteiger partial charge on any atom is -0.391 e. The highest BCUT2D eigenvalue weighted by Crippen LogP contribution is 2.14. The minimum atomic E-state index is -0.558. The molecule has 0 aliphatic heterocycles. The summed E-state index contributed by atoms with van der Waals surface area (Å²) in [5.41, 5.74) is 0.635. The molecule has 3 N–H and O–H groups in total. The van der Waals surface area contributed by atoms with Crippen molar-refractivity contribution in [1.29, 1.82) is 0 Å². The van der Waals surface area contributed by atoms with Gasteiger partial charge in [-0.3, -0.25) is 9.59 Å². The molecule has 20 heavy (non-hydrogen) atoms. The predicted octanol–water partition coefficient (Wildman–Crippen LogP) is 1.42. The van der Waals surface area contributed by atoms with Crippen molar-refractivity contribution in [3.8, 4) is 0 Å². The molecular formula is C15H18N2O3. The van der Waals surface area contributed by atoms with E-state index < -0.39 is 6.10 Å². The maximum Gasteiger partial charge on any atom is 0.252 e. The van der Waals surface area contributed by atoms with Gasteiger partial charge in [-0.2, -0.15) is 0 Å². The molecule has 5 nitrogen and oxygen atoms in total. The summed E-state index contributed by atoms with van der Waals surface area (Å²) in [6, 6.07) is 8.42. The molecule has 0 aliphatic carbocycles. The van der Waals surface area contributed by atoms with Crippen molar-refractivity contribution in [2.75, 3.05) is 6.54 Å². The van der Waals surface area contributed by atoms with Gasteiger partial charge in [-0.1, -0.05) is 31.5 Å². The molecule has 106 valence electrons. The third-order valence-corrected chi connectivity index (χ3v) is 3.12. The van der Waals surface area contributed by atoms with E-state index in [9.17, 15) is 14.7 Å². The zero-order chi connectivity index (χ0) is 14.5. The molecule has 1 aromatic heterocycles. The van der Waals surface area contributed by atoms with Crippen molar-refractivity contribution < 1.29 is 9.90 Å². The first-order valence-electron chi connectivity index (χ1n) is 6.70. The van der Waals surface area contributed by atoms with Gasteiger partial charge in [-0.15, -0.1) is 0 Å². The second-order valence-corrected chi connectivity index (χ2v) is 4.75. The van der Waals surface area contributed by atoms with Gasteiger partial charge in [0.2, 0.25) is 5.56 Å². The van der Waals surface area contributed by atoms with E-state index in [1.54, 1.807) is 18.2 Å². The van der Waals surface area contributed by atoms with Crippen LogP contribution in [-0.2, 0) is 0 Å². The van der Waals surface area contributed by atoms with Crippen molar-refractivity contribution in [3.05, 3.63) is 46.2 Å². The fraction of sp³-hybridized carbons (Fsp3) is 0.333. The van der Waals surface area contributed by atoms with Crippen LogP contribution in [0.4, 0.5) is 0 Å². The van der Waals surface area contributed by atoms with Gasteiger partial charge in [0.05, 0.1) is 11.7 Å². The molecule has 1 atom stereocenters. The quantitative estimate of drug-likeness (QED) is 0.771. The summed E-state index contributed by atoms with van der Waals surface area (Å²) in [5, 5.41) is 13.0. The largest absolute Gasteiger partial charge is 0.391 e. The second kappa shape index (κ2) is 6.34. The number of aromatic amines is 1. The van der Waals surface area contributed by atoms with Crippen LogP contribution in [0, 0.1) is 0 Å². The molecule has 5 heteroatoms. The lowest BCUT2D eigenvalue weighted by molar-refractivity contribution is 0.0911. The Morgan fingerprint density at radius 3 is 2.90 bits per heavy atom. The lowest BCUT2D eigenvalue weighted by Crippen LogP contribution is -2.32. The molecule has 0 radical (unpaired) electrons. The summed E-state index contributed by atoms with van der Waals surface area (Å²) in [4.78, 5) is 26.4. The minimum absolute atomic E-state index is 0.188. The van der Waals surface area contributed by atoms with Crippen LogP contribution in [-0.4, -0.2) is 28.6 Å². The molecular weight excluding hydrogens is 256 g/mol. The first-order valence-corrected chi connectivity index (χ1v) is 6.70. The Hall–Kier alpha value is -2.14. The Bertz CT molecular complexity index is 663. The van der Waals surface area contributed by atoms with Crippen LogP contribution in [0.25, 0.3) is 10.9 Å². The van der Waals surface area contributed by atoms with Gasteiger partial charge in [0.25, 0.3) is 5.91 Å². The van der Waals surface area contributed by atoms with E-state index in [1.807, 2.05) is 13.0 Å². The van der Waals surface area contributed by atoms with Gasteiger partial charge in [0, 0.05) is 23.5 Å². The monoisotopic (exact) mass is 274 g/mol. The lowest BCUT2D eigenvalue weighted by atomic mass is 10.1. The summed E-state index contributed by atoms with van der Waals surface area (Å²) in [6.07, 6.45) is 0.929. The van der Waals surface area contributed by atoms with Crippen LogP contribution < -0.4 is 10.9 Å². The molecule has 0 spiro atoms. The summed E-state index contributed by atoms with van der Waals surface area (Å²) in [5.74, 6) is -0.345. The second-order valence-electron chi connectivity index (χ2n) is 4.75. The van der Waals surface area contributed by atoms with Crippen LogP contribution >= 0.6 is 0 Å². The summed E-state index contributed by atoms with van der Waals surface area (Å²) in [7, 11) is 0. The van der Waals surface area contributed by atoms with Crippen molar-refractivity contribution >= 4 is 16.8 Å². The van der Waals surface area contributed by atoms with Gasteiger partial charge in [0.1, 0.15) is 0 Å². The smallest absolute Gasteiger partial charge is 0.252 e. The van der Waals surface area contributed by atoms with E-state index in [4.69, 9.17) is 0 Å².